The molecule has 0 atom stereocenters. The monoisotopic (exact) mass is 360 g/mol. The Bertz CT molecular complexity index is 1010. The highest BCUT2D eigenvalue weighted by atomic mass is 32.2. The number of ether oxygens (including phenoxy) is 2. The van der Waals surface area contributed by atoms with Gasteiger partial charge in [0.15, 0.2) is 17.3 Å². The van der Waals surface area contributed by atoms with Crippen molar-refractivity contribution in [1.29, 1.82) is 0 Å². The van der Waals surface area contributed by atoms with E-state index >= 15 is 0 Å². The molecule has 0 saturated heterocycles. The predicted octanol–water partition coefficient (Wildman–Crippen LogP) is 0.629. The van der Waals surface area contributed by atoms with Gasteiger partial charge in [0.25, 0.3) is 10.0 Å². The van der Waals surface area contributed by atoms with E-state index in [1.165, 1.54) is 41.9 Å². The Morgan fingerprint density at radius 3 is 2.68 bits per heavy atom. The van der Waals surface area contributed by atoms with Crippen molar-refractivity contribution in [2.75, 3.05) is 17.9 Å². The summed E-state index contributed by atoms with van der Waals surface area (Å²) in [6, 6.07) is 5.86. The number of anilines is 1. The minimum atomic E-state index is -3.85. The van der Waals surface area contributed by atoms with Crippen LogP contribution in [0.5, 0.6) is 11.5 Å². The minimum Gasteiger partial charge on any atom is -0.486 e. The zero-order valence-corrected chi connectivity index (χ0v) is 13.5. The SMILES string of the molecule is O=S(=O)(Nc1cc(-n2cncn2)ncn1)c1ccc2c(c1)OCCO2. The van der Waals surface area contributed by atoms with Crippen LogP contribution in [0.15, 0.2) is 48.1 Å². The number of hydrogen-bond acceptors (Lipinski definition) is 8. The van der Waals surface area contributed by atoms with Gasteiger partial charge in [-0.15, -0.1) is 0 Å². The van der Waals surface area contributed by atoms with E-state index in [0.29, 0.717) is 30.5 Å². The lowest BCUT2D eigenvalue weighted by Gasteiger charge is -2.19. The van der Waals surface area contributed by atoms with E-state index < -0.39 is 10.0 Å². The van der Waals surface area contributed by atoms with Gasteiger partial charge in [0.1, 0.15) is 38.0 Å². The van der Waals surface area contributed by atoms with Crippen molar-refractivity contribution < 1.29 is 17.9 Å². The van der Waals surface area contributed by atoms with Crippen LogP contribution in [-0.4, -0.2) is 46.4 Å². The maximum atomic E-state index is 12.6. The highest BCUT2D eigenvalue weighted by Gasteiger charge is 2.20. The average molecular weight is 360 g/mol. The van der Waals surface area contributed by atoms with Crippen LogP contribution >= 0.6 is 0 Å². The van der Waals surface area contributed by atoms with Crippen molar-refractivity contribution in [2.24, 2.45) is 0 Å². The molecule has 3 aromatic rings. The second-order valence-electron chi connectivity index (χ2n) is 5.01. The third-order valence-electron chi connectivity index (χ3n) is 3.37. The molecule has 25 heavy (non-hydrogen) atoms. The molecule has 1 aromatic carbocycles. The lowest BCUT2D eigenvalue weighted by molar-refractivity contribution is 0.171. The van der Waals surface area contributed by atoms with E-state index in [2.05, 4.69) is 24.8 Å². The number of fused-ring (bicyclic) bond motifs is 1. The summed E-state index contributed by atoms with van der Waals surface area (Å²) in [6.07, 6.45) is 4.03. The first kappa shape index (κ1) is 15.3. The van der Waals surface area contributed by atoms with Gasteiger partial charge in [-0.2, -0.15) is 5.10 Å². The standard InChI is InChI=1S/C14H12N6O4S/c21-25(22,10-1-2-11-12(5-10)24-4-3-23-11)19-13-6-14(17-8-16-13)20-9-15-7-18-20/h1-2,5-9H,3-4H2,(H,16,17,19). The first-order valence-electron chi connectivity index (χ1n) is 7.21. The minimum absolute atomic E-state index is 0.0395. The second kappa shape index (κ2) is 6.02. The van der Waals surface area contributed by atoms with Crippen molar-refractivity contribution >= 4 is 15.8 Å². The maximum Gasteiger partial charge on any atom is 0.263 e. The van der Waals surface area contributed by atoms with Gasteiger partial charge in [0.05, 0.1) is 4.90 Å². The molecule has 11 heteroatoms. The molecule has 1 aliphatic rings. The zero-order valence-electron chi connectivity index (χ0n) is 12.7. The molecule has 1 N–H and O–H groups in total. The summed E-state index contributed by atoms with van der Waals surface area (Å²) >= 11 is 0. The van der Waals surface area contributed by atoms with E-state index in [-0.39, 0.29) is 10.7 Å². The first-order chi connectivity index (χ1) is 12.1. The number of nitrogens with zero attached hydrogens (tertiary/aromatic N) is 5. The Morgan fingerprint density at radius 1 is 1.04 bits per heavy atom. The van der Waals surface area contributed by atoms with Crippen LogP contribution in [0.25, 0.3) is 5.82 Å². The van der Waals surface area contributed by atoms with Crippen molar-refractivity contribution in [1.82, 2.24) is 24.7 Å². The summed E-state index contributed by atoms with van der Waals surface area (Å²) in [5.74, 6) is 1.39. The lowest BCUT2D eigenvalue weighted by atomic mass is 10.3. The van der Waals surface area contributed by atoms with Crippen LogP contribution in [0.4, 0.5) is 5.82 Å². The average Bonchev–Trinajstić information content (AvgIpc) is 3.16. The van der Waals surface area contributed by atoms with Crippen molar-refractivity contribution in [3.8, 4) is 17.3 Å². The van der Waals surface area contributed by atoms with E-state index in [9.17, 15) is 8.42 Å². The Labute approximate surface area is 142 Å². The van der Waals surface area contributed by atoms with Gasteiger partial charge in [-0.1, -0.05) is 0 Å². The molecule has 0 bridgehead atoms. The van der Waals surface area contributed by atoms with Gasteiger partial charge in [0.2, 0.25) is 0 Å². The summed E-state index contributed by atoms with van der Waals surface area (Å²) in [7, 11) is -3.85. The molecule has 0 amide bonds. The van der Waals surface area contributed by atoms with Crippen molar-refractivity contribution in [3.05, 3.63) is 43.2 Å². The highest BCUT2D eigenvalue weighted by Crippen LogP contribution is 2.32. The smallest absolute Gasteiger partial charge is 0.263 e. The quantitative estimate of drug-likeness (QED) is 0.719. The fourth-order valence-electron chi connectivity index (χ4n) is 2.24. The third kappa shape index (κ3) is 3.08. The molecule has 10 nitrogen and oxygen atoms in total. The Balaban J connectivity index is 1.62. The second-order valence-corrected chi connectivity index (χ2v) is 6.69. The van der Waals surface area contributed by atoms with Gasteiger partial charge >= 0.3 is 0 Å². The van der Waals surface area contributed by atoms with E-state index in [4.69, 9.17) is 9.47 Å². The molecule has 0 saturated carbocycles. The number of sulfonamides is 1. The third-order valence-corrected chi connectivity index (χ3v) is 4.72. The summed E-state index contributed by atoms with van der Waals surface area (Å²) in [6.45, 7) is 0.806. The van der Waals surface area contributed by atoms with Gasteiger partial charge < -0.3 is 9.47 Å². The molecule has 0 unspecified atom stereocenters. The van der Waals surface area contributed by atoms with Gasteiger partial charge in [-0.05, 0) is 12.1 Å². The van der Waals surface area contributed by atoms with Crippen LogP contribution in [0, 0.1) is 0 Å². The maximum absolute atomic E-state index is 12.6. The normalized spacial score (nSPS) is 13.4. The first-order valence-corrected chi connectivity index (χ1v) is 8.70. The van der Waals surface area contributed by atoms with Gasteiger partial charge in [0, 0.05) is 12.1 Å². The van der Waals surface area contributed by atoms with Crippen molar-refractivity contribution in [2.45, 2.75) is 4.90 Å². The molecule has 128 valence electrons. The molecule has 1 aliphatic heterocycles. The van der Waals surface area contributed by atoms with Gasteiger partial charge in [-0.25, -0.2) is 28.1 Å². The van der Waals surface area contributed by atoms with Crippen LogP contribution in [-0.2, 0) is 10.0 Å². The fourth-order valence-corrected chi connectivity index (χ4v) is 3.26. The predicted molar refractivity (Wildman–Crippen MR) is 85.2 cm³/mol. The molecule has 0 aliphatic carbocycles. The molecule has 2 aromatic heterocycles. The van der Waals surface area contributed by atoms with Crippen LogP contribution in [0.2, 0.25) is 0 Å². The van der Waals surface area contributed by atoms with E-state index in [1.807, 2.05) is 0 Å². The number of rotatable bonds is 4. The lowest BCUT2D eigenvalue weighted by Crippen LogP contribution is -2.18. The molecular formula is C14H12N6O4S. The Hall–Kier alpha value is -3.21. The number of hydrogen-bond donors (Lipinski definition) is 1. The fraction of sp³-hybridized carbons (Fsp3) is 0.143. The topological polar surface area (TPSA) is 121 Å². The van der Waals surface area contributed by atoms with Gasteiger partial charge in [-0.3, -0.25) is 4.72 Å². The Kier molecular flexibility index (Phi) is 3.69. The van der Waals surface area contributed by atoms with E-state index in [1.54, 1.807) is 6.07 Å². The van der Waals surface area contributed by atoms with Crippen LogP contribution in [0.3, 0.4) is 0 Å². The molecule has 3 heterocycles. The summed E-state index contributed by atoms with van der Waals surface area (Å²) in [4.78, 5) is 11.8. The summed E-state index contributed by atoms with van der Waals surface area (Å²) in [5, 5.41) is 3.94. The van der Waals surface area contributed by atoms with Crippen LogP contribution in [0.1, 0.15) is 0 Å². The van der Waals surface area contributed by atoms with Crippen LogP contribution < -0.4 is 14.2 Å². The number of benzene rings is 1. The molecule has 4 rings (SSSR count). The number of aromatic nitrogens is 5. The molecule has 0 radical (unpaired) electrons. The molecule has 0 fully saturated rings. The molecular weight excluding hydrogens is 348 g/mol. The summed E-state index contributed by atoms with van der Waals surface area (Å²) < 4.78 is 39.8. The summed E-state index contributed by atoms with van der Waals surface area (Å²) in [5.41, 5.74) is 0. The van der Waals surface area contributed by atoms with Crippen molar-refractivity contribution in [3.63, 3.8) is 0 Å². The highest BCUT2D eigenvalue weighted by molar-refractivity contribution is 7.92. The molecule has 0 spiro atoms. The largest absolute Gasteiger partial charge is 0.486 e. The zero-order chi connectivity index (χ0) is 17.3. The Morgan fingerprint density at radius 2 is 1.88 bits per heavy atom. The number of nitrogens with one attached hydrogen (secondary N) is 1. The van der Waals surface area contributed by atoms with E-state index in [0.717, 1.165) is 0 Å².